The molecule has 2 aromatic rings. The van der Waals surface area contributed by atoms with Gasteiger partial charge in [-0.25, -0.2) is 0 Å². The molecule has 0 saturated heterocycles. The summed E-state index contributed by atoms with van der Waals surface area (Å²) < 4.78 is 1.14. The minimum Gasteiger partial charge on any atom is -0.373 e. The molecule has 1 unspecified atom stereocenters. The molecule has 4 nitrogen and oxygen atoms in total. The Labute approximate surface area is 134 Å². The van der Waals surface area contributed by atoms with Crippen LogP contribution in [0.1, 0.15) is 18.5 Å². The van der Waals surface area contributed by atoms with E-state index in [1.54, 1.807) is 18.2 Å². The largest absolute Gasteiger partial charge is 0.373 e. The SMILES string of the molecule is CC(Nc1ccc(Cl)cc1[N+](=O)[O-])c1cc(Cl)sc1Cl. The van der Waals surface area contributed by atoms with Gasteiger partial charge in [-0.15, -0.1) is 11.3 Å². The Morgan fingerprint density at radius 1 is 1.30 bits per heavy atom. The average Bonchev–Trinajstić information content (AvgIpc) is 2.70. The lowest BCUT2D eigenvalue weighted by Crippen LogP contribution is -2.08. The van der Waals surface area contributed by atoms with Crippen LogP contribution in [0, 0.1) is 10.1 Å². The predicted molar refractivity (Wildman–Crippen MR) is 84.5 cm³/mol. The molecule has 20 heavy (non-hydrogen) atoms. The number of nitrogens with zero attached hydrogens (tertiary/aromatic N) is 1. The van der Waals surface area contributed by atoms with E-state index in [0.29, 0.717) is 19.4 Å². The van der Waals surface area contributed by atoms with E-state index in [0.717, 1.165) is 5.56 Å². The van der Waals surface area contributed by atoms with Crippen LogP contribution in [0.3, 0.4) is 0 Å². The zero-order valence-electron chi connectivity index (χ0n) is 10.2. The molecule has 0 bridgehead atoms. The zero-order valence-corrected chi connectivity index (χ0v) is 13.3. The smallest absolute Gasteiger partial charge is 0.293 e. The van der Waals surface area contributed by atoms with Gasteiger partial charge in [-0.1, -0.05) is 34.8 Å². The van der Waals surface area contributed by atoms with Gasteiger partial charge < -0.3 is 5.32 Å². The molecule has 0 radical (unpaired) electrons. The van der Waals surface area contributed by atoms with Gasteiger partial charge in [-0.2, -0.15) is 0 Å². The van der Waals surface area contributed by atoms with Crippen LogP contribution < -0.4 is 5.32 Å². The van der Waals surface area contributed by atoms with Crippen molar-refractivity contribution in [2.45, 2.75) is 13.0 Å². The molecular formula is C12H9Cl3N2O2S. The summed E-state index contributed by atoms with van der Waals surface area (Å²) >= 11 is 19.0. The molecule has 0 saturated carbocycles. The number of halogens is 3. The summed E-state index contributed by atoms with van der Waals surface area (Å²) in [5, 5.41) is 14.4. The molecular weight excluding hydrogens is 343 g/mol. The minimum absolute atomic E-state index is 0.0817. The lowest BCUT2D eigenvalue weighted by atomic mass is 10.1. The van der Waals surface area contributed by atoms with E-state index in [-0.39, 0.29) is 11.7 Å². The molecule has 1 aromatic carbocycles. The minimum atomic E-state index is -0.483. The van der Waals surface area contributed by atoms with Crippen LogP contribution in [-0.4, -0.2) is 4.92 Å². The third-order valence-corrected chi connectivity index (χ3v) is 4.43. The fraction of sp³-hybridized carbons (Fsp3) is 0.167. The number of benzene rings is 1. The average molecular weight is 352 g/mol. The highest BCUT2D eigenvalue weighted by molar-refractivity contribution is 7.20. The molecule has 106 valence electrons. The summed E-state index contributed by atoms with van der Waals surface area (Å²) in [7, 11) is 0. The number of anilines is 1. The van der Waals surface area contributed by atoms with E-state index >= 15 is 0 Å². The van der Waals surface area contributed by atoms with Gasteiger partial charge in [0.2, 0.25) is 0 Å². The summed E-state index contributed by atoms with van der Waals surface area (Å²) in [6.45, 7) is 1.85. The first kappa shape index (κ1) is 15.4. The Hall–Kier alpha value is -1.01. The summed E-state index contributed by atoms with van der Waals surface area (Å²) in [4.78, 5) is 10.5. The van der Waals surface area contributed by atoms with Crippen molar-refractivity contribution in [3.63, 3.8) is 0 Å². The van der Waals surface area contributed by atoms with Crippen LogP contribution in [0.25, 0.3) is 0 Å². The lowest BCUT2D eigenvalue weighted by Gasteiger charge is -2.14. The van der Waals surface area contributed by atoms with Gasteiger partial charge in [0.1, 0.15) is 5.69 Å². The van der Waals surface area contributed by atoms with Crippen molar-refractivity contribution in [3.8, 4) is 0 Å². The standard InChI is InChI=1S/C12H9Cl3N2O2S/c1-6(8-5-11(14)20-12(8)15)16-9-3-2-7(13)4-10(9)17(18)19/h2-6,16H,1H3. The highest BCUT2D eigenvalue weighted by atomic mass is 35.5. The van der Waals surface area contributed by atoms with Gasteiger partial charge in [0.15, 0.2) is 0 Å². The third-order valence-electron chi connectivity index (χ3n) is 2.68. The molecule has 8 heteroatoms. The molecule has 2 rings (SSSR count). The number of nitro groups is 1. The first-order valence-electron chi connectivity index (χ1n) is 5.53. The first-order valence-corrected chi connectivity index (χ1v) is 7.48. The third kappa shape index (κ3) is 3.35. The molecule has 1 atom stereocenters. The van der Waals surface area contributed by atoms with Gasteiger partial charge in [0.25, 0.3) is 5.69 Å². The molecule has 1 aromatic heterocycles. The van der Waals surface area contributed by atoms with Gasteiger partial charge >= 0.3 is 0 Å². The van der Waals surface area contributed by atoms with E-state index in [1.165, 1.54) is 17.4 Å². The van der Waals surface area contributed by atoms with Crippen LogP contribution in [0.15, 0.2) is 24.3 Å². The molecule has 0 aliphatic heterocycles. The van der Waals surface area contributed by atoms with E-state index in [4.69, 9.17) is 34.8 Å². The quantitative estimate of drug-likeness (QED) is 0.560. The first-order chi connectivity index (χ1) is 9.38. The molecule has 0 amide bonds. The maximum Gasteiger partial charge on any atom is 0.293 e. The normalized spacial score (nSPS) is 12.2. The number of hydrogen-bond donors (Lipinski definition) is 1. The zero-order chi connectivity index (χ0) is 14.9. The van der Waals surface area contributed by atoms with Crippen LogP contribution in [0.4, 0.5) is 11.4 Å². The van der Waals surface area contributed by atoms with E-state index in [1.807, 2.05) is 6.92 Å². The number of thiophene rings is 1. The summed E-state index contributed by atoms with van der Waals surface area (Å²) in [5.41, 5.74) is 1.10. The fourth-order valence-corrected chi connectivity index (χ4v) is 3.55. The number of nitrogens with one attached hydrogen (secondary N) is 1. The second-order valence-corrected chi connectivity index (χ2v) is 6.79. The predicted octanol–water partition coefficient (Wildman–Crippen LogP) is 5.79. The number of rotatable bonds is 4. The summed E-state index contributed by atoms with van der Waals surface area (Å²) in [6.07, 6.45) is 0. The van der Waals surface area contributed by atoms with E-state index in [2.05, 4.69) is 5.32 Å². The maximum atomic E-state index is 11.0. The molecule has 0 aliphatic carbocycles. The highest BCUT2D eigenvalue weighted by Gasteiger charge is 2.19. The van der Waals surface area contributed by atoms with Crippen molar-refractivity contribution in [1.29, 1.82) is 0 Å². The monoisotopic (exact) mass is 350 g/mol. The number of nitro benzene ring substituents is 1. The fourth-order valence-electron chi connectivity index (χ4n) is 1.74. The van der Waals surface area contributed by atoms with Crippen molar-refractivity contribution in [3.05, 3.63) is 53.6 Å². The topological polar surface area (TPSA) is 55.2 Å². The van der Waals surface area contributed by atoms with E-state index in [9.17, 15) is 10.1 Å². The molecule has 1 heterocycles. The Morgan fingerprint density at radius 2 is 2.00 bits per heavy atom. The van der Waals surface area contributed by atoms with Crippen LogP contribution in [0.5, 0.6) is 0 Å². The Morgan fingerprint density at radius 3 is 2.55 bits per heavy atom. The highest BCUT2D eigenvalue weighted by Crippen LogP contribution is 2.37. The lowest BCUT2D eigenvalue weighted by molar-refractivity contribution is -0.384. The van der Waals surface area contributed by atoms with Crippen molar-refractivity contribution in [1.82, 2.24) is 0 Å². The molecule has 0 fully saturated rings. The van der Waals surface area contributed by atoms with Gasteiger partial charge in [0.05, 0.1) is 19.6 Å². The second-order valence-electron chi connectivity index (χ2n) is 4.06. The van der Waals surface area contributed by atoms with Crippen molar-refractivity contribution < 1.29 is 4.92 Å². The molecule has 0 spiro atoms. The van der Waals surface area contributed by atoms with Crippen LogP contribution in [0.2, 0.25) is 13.7 Å². The van der Waals surface area contributed by atoms with Gasteiger partial charge in [-0.05, 0) is 25.1 Å². The summed E-state index contributed by atoms with van der Waals surface area (Å²) in [5.74, 6) is 0. The Balaban J connectivity index is 2.30. The van der Waals surface area contributed by atoms with Crippen LogP contribution in [-0.2, 0) is 0 Å². The van der Waals surface area contributed by atoms with Crippen molar-refractivity contribution >= 4 is 57.5 Å². The molecule has 0 aliphatic rings. The second kappa shape index (κ2) is 6.18. The Bertz CT molecular complexity index is 660. The van der Waals surface area contributed by atoms with Gasteiger partial charge in [0, 0.05) is 16.7 Å². The maximum absolute atomic E-state index is 11.0. The van der Waals surface area contributed by atoms with Crippen LogP contribution >= 0.6 is 46.1 Å². The van der Waals surface area contributed by atoms with E-state index < -0.39 is 4.92 Å². The number of hydrogen-bond acceptors (Lipinski definition) is 4. The van der Waals surface area contributed by atoms with Gasteiger partial charge in [-0.3, -0.25) is 10.1 Å². The van der Waals surface area contributed by atoms with Crippen molar-refractivity contribution in [2.75, 3.05) is 5.32 Å². The summed E-state index contributed by atoms with van der Waals surface area (Å²) in [6, 6.07) is 5.99. The van der Waals surface area contributed by atoms with Crippen molar-refractivity contribution in [2.24, 2.45) is 0 Å². The Kier molecular flexibility index (Phi) is 4.75. The molecule has 1 N–H and O–H groups in total.